The smallest absolute Gasteiger partial charge is 0.245 e. The molecule has 0 radical (unpaired) electrons. The number of amides is 1. The predicted molar refractivity (Wildman–Crippen MR) is 80.4 cm³/mol. The Balaban J connectivity index is 1.65. The third-order valence-corrected chi connectivity index (χ3v) is 3.89. The molecular weight excluding hydrogens is 320 g/mol. The van der Waals surface area contributed by atoms with E-state index in [0.717, 1.165) is 17.9 Å². The fourth-order valence-corrected chi connectivity index (χ4v) is 2.80. The number of carbonyl (C=O) groups is 1. The van der Waals surface area contributed by atoms with E-state index in [4.69, 9.17) is 4.42 Å². The van der Waals surface area contributed by atoms with Gasteiger partial charge in [0.1, 0.15) is 11.8 Å². The van der Waals surface area contributed by atoms with Gasteiger partial charge in [0.25, 0.3) is 0 Å². The third kappa shape index (κ3) is 2.58. The Morgan fingerprint density at radius 2 is 2.20 bits per heavy atom. The van der Waals surface area contributed by atoms with Crippen molar-refractivity contribution in [1.29, 1.82) is 0 Å². The summed E-state index contributed by atoms with van der Waals surface area (Å²) in [5.74, 6) is 0.844. The summed E-state index contributed by atoms with van der Waals surface area (Å²) in [6.07, 6.45) is 0.737. The lowest BCUT2D eigenvalue weighted by Gasteiger charge is -2.20. The van der Waals surface area contributed by atoms with Crippen molar-refractivity contribution in [3.63, 3.8) is 0 Å². The van der Waals surface area contributed by atoms with E-state index in [2.05, 4.69) is 27.3 Å². The normalized spacial score (nSPS) is 16.6. The number of hydrogen-bond acceptors (Lipinski definition) is 3. The summed E-state index contributed by atoms with van der Waals surface area (Å²) < 4.78 is 6.11. The van der Waals surface area contributed by atoms with Crippen LogP contribution in [0.5, 0.6) is 0 Å². The van der Waals surface area contributed by atoms with Gasteiger partial charge in [0, 0.05) is 19.2 Å². The fraction of sp³-hybridized carbons (Fsp3) is 0.267. The van der Waals surface area contributed by atoms with Gasteiger partial charge in [-0.2, -0.15) is 0 Å². The first-order chi connectivity index (χ1) is 9.63. The zero-order chi connectivity index (χ0) is 14.1. The van der Waals surface area contributed by atoms with Crippen LogP contribution in [0.4, 0.5) is 5.69 Å². The van der Waals surface area contributed by atoms with Gasteiger partial charge in [0.15, 0.2) is 4.67 Å². The molecular formula is C15H15BrN2O2. The van der Waals surface area contributed by atoms with Gasteiger partial charge in [-0.25, -0.2) is 0 Å². The number of likely N-dealkylation sites (N-methyl/N-ethyl adjacent to an activating group) is 1. The largest absolute Gasteiger partial charge is 0.452 e. The molecule has 3 rings (SSSR count). The van der Waals surface area contributed by atoms with Gasteiger partial charge in [0.05, 0.1) is 6.54 Å². The lowest BCUT2D eigenvalue weighted by atomic mass is 10.1. The summed E-state index contributed by atoms with van der Waals surface area (Å²) >= 11 is 3.26. The van der Waals surface area contributed by atoms with Gasteiger partial charge in [0.2, 0.25) is 5.91 Å². The Hall–Kier alpha value is -1.75. The second kappa shape index (κ2) is 5.32. The van der Waals surface area contributed by atoms with E-state index in [9.17, 15) is 4.79 Å². The van der Waals surface area contributed by atoms with Crippen LogP contribution in [0, 0.1) is 0 Å². The topological polar surface area (TPSA) is 45.5 Å². The van der Waals surface area contributed by atoms with Gasteiger partial charge < -0.3 is 14.6 Å². The maximum Gasteiger partial charge on any atom is 0.245 e. The predicted octanol–water partition coefficient (Wildman–Crippen LogP) is 3.04. The highest BCUT2D eigenvalue weighted by atomic mass is 79.9. The lowest BCUT2D eigenvalue weighted by molar-refractivity contribution is -0.131. The monoisotopic (exact) mass is 334 g/mol. The van der Waals surface area contributed by atoms with Crippen molar-refractivity contribution in [3.05, 3.63) is 52.4 Å². The minimum absolute atomic E-state index is 0.0775. The molecule has 20 heavy (non-hydrogen) atoms. The molecule has 0 bridgehead atoms. The highest BCUT2D eigenvalue weighted by Crippen LogP contribution is 2.26. The number of carbonyl (C=O) groups excluding carboxylic acids is 1. The molecule has 1 amide bonds. The number of halogens is 1. The molecule has 1 aliphatic rings. The van der Waals surface area contributed by atoms with E-state index in [1.807, 2.05) is 30.3 Å². The molecule has 4 nitrogen and oxygen atoms in total. The summed E-state index contributed by atoms with van der Waals surface area (Å²) in [6.45, 7) is 0.471. The average molecular weight is 335 g/mol. The maximum absolute atomic E-state index is 12.4. The van der Waals surface area contributed by atoms with Crippen LogP contribution in [-0.4, -0.2) is 23.9 Å². The lowest BCUT2D eigenvalue weighted by Crippen LogP contribution is -2.39. The van der Waals surface area contributed by atoms with Gasteiger partial charge in [-0.3, -0.25) is 4.79 Å². The number of rotatable bonds is 3. The Morgan fingerprint density at radius 3 is 2.90 bits per heavy atom. The van der Waals surface area contributed by atoms with E-state index in [-0.39, 0.29) is 11.9 Å². The number of benzene rings is 1. The second-order valence-electron chi connectivity index (χ2n) is 4.96. The standard InChI is InChI=1S/C15H15BrN2O2/c1-18(9-11-6-7-14(16)20-11)15(19)13-8-10-4-2-3-5-12(10)17-13/h2-7,13,17H,8-9H2,1H3/t13-/m0/s1. The molecule has 1 atom stereocenters. The van der Waals surface area contributed by atoms with E-state index in [0.29, 0.717) is 11.2 Å². The molecule has 2 aromatic rings. The molecule has 104 valence electrons. The molecule has 0 fully saturated rings. The molecule has 1 aromatic carbocycles. The van der Waals surface area contributed by atoms with Gasteiger partial charge >= 0.3 is 0 Å². The number of hydrogen-bond donors (Lipinski definition) is 1. The first kappa shape index (κ1) is 13.2. The molecule has 1 aliphatic heterocycles. The molecule has 0 unspecified atom stereocenters. The van der Waals surface area contributed by atoms with Crippen molar-refractivity contribution in [2.75, 3.05) is 12.4 Å². The quantitative estimate of drug-likeness (QED) is 0.938. The molecule has 1 N–H and O–H groups in total. The number of nitrogens with one attached hydrogen (secondary N) is 1. The average Bonchev–Trinajstić information content (AvgIpc) is 3.03. The molecule has 1 aromatic heterocycles. The van der Waals surface area contributed by atoms with Crippen LogP contribution >= 0.6 is 15.9 Å². The number of furan rings is 1. The summed E-state index contributed by atoms with van der Waals surface area (Å²) in [6, 6.07) is 11.5. The molecule has 2 heterocycles. The summed E-state index contributed by atoms with van der Waals surface area (Å²) in [4.78, 5) is 14.1. The molecule has 0 aliphatic carbocycles. The first-order valence-corrected chi connectivity index (χ1v) is 7.26. The zero-order valence-electron chi connectivity index (χ0n) is 11.1. The number of nitrogens with zero attached hydrogens (tertiary/aromatic N) is 1. The Morgan fingerprint density at radius 1 is 1.40 bits per heavy atom. The molecule has 5 heteroatoms. The summed E-state index contributed by atoms with van der Waals surface area (Å²) in [7, 11) is 1.80. The van der Waals surface area contributed by atoms with Crippen LogP contribution in [-0.2, 0) is 17.8 Å². The van der Waals surface area contributed by atoms with E-state index in [1.165, 1.54) is 5.56 Å². The Labute approximate surface area is 125 Å². The van der Waals surface area contributed by atoms with E-state index in [1.54, 1.807) is 11.9 Å². The minimum Gasteiger partial charge on any atom is -0.452 e. The fourth-order valence-electron chi connectivity index (χ4n) is 2.46. The van der Waals surface area contributed by atoms with Gasteiger partial charge in [-0.1, -0.05) is 18.2 Å². The van der Waals surface area contributed by atoms with Gasteiger partial charge in [-0.15, -0.1) is 0 Å². The number of para-hydroxylation sites is 1. The number of anilines is 1. The van der Waals surface area contributed by atoms with Crippen molar-refractivity contribution in [2.45, 2.75) is 19.0 Å². The van der Waals surface area contributed by atoms with Crippen LogP contribution in [0.1, 0.15) is 11.3 Å². The van der Waals surface area contributed by atoms with E-state index >= 15 is 0 Å². The molecule has 0 spiro atoms. The Kier molecular flexibility index (Phi) is 3.53. The zero-order valence-corrected chi connectivity index (χ0v) is 12.7. The highest BCUT2D eigenvalue weighted by Gasteiger charge is 2.28. The van der Waals surface area contributed by atoms with Crippen molar-refractivity contribution >= 4 is 27.5 Å². The van der Waals surface area contributed by atoms with Crippen molar-refractivity contribution < 1.29 is 9.21 Å². The minimum atomic E-state index is -0.184. The highest BCUT2D eigenvalue weighted by molar-refractivity contribution is 9.10. The van der Waals surface area contributed by atoms with Crippen LogP contribution in [0.15, 0.2) is 45.5 Å². The Bertz CT molecular complexity index is 613. The van der Waals surface area contributed by atoms with Crippen molar-refractivity contribution in [3.8, 4) is 0 Å². The van der Waals surface area contributed by atoms with Crippen LogP contribution in [0.2, 0.25) is 0 Å². The van der Waals surface area contributed by atoms with Crippen molar-refractivity contribution in [2.24, 2.45) is 0 Å². The van der Waals surface area contributed by atoms with Crippen LogP contribution in [0.3, 0.4) is 0 Å². The number of fused-ring (bicyclic) bond motifs is 1. The molecule has 0 saturated heterocycles. The van der Waals surface area contributed by atoms with E-state index < -0.39 is 0 Å². The third-order valence-electron chi connectivity index (χ3n) is 3.47. The maximum atomic E-state index is 12.4. The first-order valence-electron chi connectivity index (χ1n) is 6.47. The summed E-state index contributed by atoms with van der Waals surface area (Å²) in [5, 5.41) is 3.28. The second-order valence-corrected chi connectivity index (χ2v) is 5.74. The summed E-state index contributed by atoms with van der Waals surface area (Å²) in [5.41, 5.74) is 2.25. The van der Waals surface area contributed by atoms with Gasteiger partial charge in [-0.05, 0) is 39.7 Å². The van der Waals surface area contributed by atoms with Crippen LogP contribution < -0.4 is 5.32 Å². The van der Waals surface area contributed by atoms with Crippen molar-refractivity contribution in [1.82, 2.24) is 4.90 Å². The van der Waals surface area contributed by atoms with Crippen LogP contribution in [0.25, 0.3) is 0 Å². The molecule has 0 saturated carbocycles. The SMILES string of the molecule is CN(Cc1ccc(Br)o1)C(=O)[C@@H]1Cc2ccccc2N1.